The molecule has 0 atom stereocenters. The fraction of sp³-hybridized carbons (Fsp3) is 0.200. The van der Waals surface area contributed by atoms with Crippen LogP contribution in [0.3, 0.4) is 0 Å². The van der Waals surface area contributed by atoms with Gasteiger partial charge in [0.25, 0.3) is 11.1 Å². The number of aromatic nitrogens is 4. The number of methoxy groups -OCH3 is 2. The number of nitrogens with zero attached hydrogens (tertiary/aromatic N) is 6. The van der Waals surface area contributed by atoms with Crippen molar-refractivity contribution in [3.63, 3.8) is 0 Å². The summed E-state index contributed by atoms with van der Waals surface area (Å²) in [6, 6.07) is 24.7. The molecule has 6 heterocycles. The van der Waals surface area contributed by atoms with Crippen LogP contribution in [0.4, 0.5) is 38.0 Å². The highest BCUT2D eigenvalue weighted by Gasteiger charge is 2.32. The van der Waals surface area contributed by atoms with Crippen LogP contribution in [0, 0.1) is 11.6 Å². The Balaban J connectivity index is 0.000000180. The maximum Gasteiger partial charge on any atom is 0.569 e. The number of halogens is 7. The lowest BCUT2D eigenvalue weighted by atomic mass is 10.0. The van der Waals surface area contributed by atoms with E-state index in [4.69, 9.17) is 14.5 Å². The molecule has 82 heavy (non-hydrogen) atoms. The van der Waals surface area contributed by atoms with Gasteiger partial charge in [0.05, 0.1) is 30.1 Å². The minimum absolute atomic E-state index is 0.0191. The van der Waals surface area contributed by atoms with Crippen LogP contribution in [0.25, 0.3) is 22.5 Å². The minimum atomic E-state index is -3.97. The van der Waals surface area contributed by atoms with E-state index in [0.717, 1.165) is 6.07 Å². The average molecular weight is 1250 g/mol. The molecule has 0 spiro atoms. The van der Waals surface area contributed by atoms with Crippen molar-refractivity contribution in [2.75, 3.05) is 36.8 Å². The van der Waals surface area contributed by atoms with Gasteiger partial charge in [-0.25, -0.2) is 8.78 Å². The summed E-state index contributed by atoms with van der Waals surface area (Å²) in [5.74, 6) is -0.677. The Kier molecular flexibility index (Phi) is 19.0. The number of nitrogens with one attached hydrogen (secondary N) is 2. The monoisotopic (exact) mass is 1250 g/mol. The maximum atomic E-state index is 15.4. The number of benzene rings is 4. The van der Waals surface area contributed by atoms with Crippen molar-refractivity contribution in [3.8, 4) is 51.2 Å². The summed E-state index contributed by atoms with van der Waals surface area (Å²) < 4.78 is 172. The summed E-state index contributed by atoms with van der Waals surface area (Å²) >= 11 is 3.11. The van der Waals surface area contributed by atoms with E-state index in [0.29, 0.717) is 35.9 Å². The normalized spacial score (nSPS) is 13.4. The molecular weight excluding hydrogens is 1210 g/mol. The van der Waals surface area contributed by atoms with Gasteiger partial charge in [0.1, 0.15) is 52.9 Å². The quantitative estimate of drug-likeness (QED) is 0.0585. The number of alkyl halides is 4. The zero-order valence-electron chi connectivity index (χ0n) is 42.4. The van der Waals surface area contributed by atoms with Crippen LogP contribution in [-0.4, -0.2) is 98.1 Å². The SMILES string of the molecule is COc1cc(-c2cccc(OC(F)F)c2)c(F)cc1-n1c2c(ccc1=O)CN(S(=O)(=O)Nc1ccon1)CC2.COc1cc(Br)c(F)cc1-n1c2c(ccc1=O)CN(S(=O)(=O)Nc1ccon1)CC2.O[B]Oc1cccc(OC(F)F)c1. The van der Waals surface area contributed by atoms with Gasteiger partial charge >= 0.3 is 41.3 Å². The van der Waals surface area contributed by atoms with Crippen molar-refractivity contribution >= 4 is 55.7 Å². The molecule has 8 aromatic rings. The van der Waals surface area contributed by atoms with Gasteiger partial charge < -0.3 is 37.7 Å². The Morgan fingerprint density at radius 2 is 1.11 bits per heavy atom. The number of fused-ring (bicyclic) bond motifs is 2. The number of ether oxygens (including phenoxy) is 4. The molecule has 10 rings (SSSR count). The Morgan fingerprint density at radius 3 is 1.59 bits per heavy atom. The van der Waals surface area contributed by atoms with Crippen molar-refractivity contribution in [2.45, 2.75) is 39.2 Å². The van der Waals surface area contributed by atoms with Gasteiger partial charge in [-0.2, -0.15) is 43.0 Å². The third-order valence-electron chi connectivity index (χ3n) is 12.0. The highest BCUT2D eigenvalue weighted by atomic mass is 79.9. The second-order valence-corrected chi connectivity index (χ2v) is 21.2. The Bertz CT molecular complexity index is 3910. The van der Waals surface area contributed by atoms with Crippen LogP contribution in [0.2, 0.25) is 0 Å². The van der Waals surface area contributed by atoms with Gasteiger partial charge in [0.2, 0.25) is 0 Å². The molecule has 4 aromatic carbocycles. The molecule has 2 aliphatic rings. The summed E-state index contributed by atoms with van der Waals surface area (Å²) in [6.45, 7) is -5.78. The largest absolute Gasteiger partial charge is 0.569 e. The number of anilines is 2. The molecule has 0 unspecified atom stereocenters. The first kappa shape index (κ1) is 59.8. The summed E-state index contributed by atoms with van der Waals surface area (Å²) in [4.78, 5) is 25.7. The van der Waals surface area contributed by atoms with E-state index in [2.05, 4.69) is 58.9 Å². The van der Waals surface area contributed by atoms with Gasteiger partial charge in [0.15, 0.2) is 11.6 Å². The predicted molar refractivity (Wildman–Crippen MR) is 285 cm³/mol. The van der Waals surface area contributed by atoms with Gasteiger partial charge in [-0.15, -0.1) is 0 Å². The molecule has 0 saturated heterocycles. The lowest BCUT2D eigenvalue weighted by Gasteiger charge is -2.30. The Labute approximate surface area is 470 Å². The third-order valence-corrected chi connectivity index (χ3v) is 15.6. The fourth-order valence-corrected chi connectivity index (χ4v) is 11.1. The lowest BCUT2D eigenvalue weighted by molar-refractivity contribution is -0.0505. The maximum absolute atomic E-state index is 15.4. The fourth-order valence-electron chi connectivity index (χ4n) is 8.52. The van der Waals surface area contributed by atoms with Crippen LogP contribution < -0.4 is 44.2 Å². The van der Waals surface area contributed by atoms with Crippen molar-refractivity contribution in [3.05, 3.63) is 181 Å². The van der Waals surface area contributed by atoms with Crippen LogP contribution in [0.1, 0.15) is 22.5 Å². The van der Waals surface area contributed by atoms with E-state index in [1.807, 2.05) is 0 Å². The van der Waals surface area contributed by atoms with Crippen LogP contribution in [-0.2, 0) is 46.3 Å². The predicted octanol–water partition coefficient (Wildman–Crippen LogP) is 7.60. The molecule has 0 saturated carbocycles. The molecule has 0 fully saturated rings. The molecule has 0 aliphatic carbocycles. The standard InChI is InChI=1S/C25H21F3N4O6S.C18H16BrFN4O5S.C7H6BF2O3/c1-36-22-12-18(15-3-2-4-17(11-15)38-25(27)28)19(26)13-21(22)32-20-7-9-31(14-16(20)5-6-24(32)33)39(34,35)30-23-8-10-37-29-23;1-28-16-8-12(19)13(20)9-15(16)24-14-4-6-23(10-11(14)2-3-18(24)25)30(26,27)22-17-5-7-29-21-17;9-7(10)12-5-2-1-3-6(4-5)13-8-11/h2-6,8,10-13,25H,7,9,14H2,1H3,(H,29,30);2-3,5,7-9H,4,6,10H2,1H3,(H,21,22);1-4,7,11H. The summed E-state index contributed by atoms with van der Waals surface area (Å²) in [5.41, 5.74) is 2.07. The summed E-state index contributed by atoms with van der Waals surface area (Å²) in [5, 5.41) is 15.4. The first-order valence-electron chi connectivity index (χ1n) is 23.7. The average Bonchev–Trinajstić information content (AvgIpc) is 4.31. The lowest BCUT2D eigenvalue weighted by Crippen LogP contribution is -2.41. The highest BCUT2D eigenvalue weighted by Crippen LogP contribution is 2.36. The van der Waals surface area contributed by atoms with Crippen molar-refractivity contribution in [1.29, 1.82) is 0 Å². The van der Waals surface area contributed by atoms with Crippen molar-refractivity contribution in [1.82, 2.24) is 28.1 Å². The first-order chi connectivity index (χ1) is 39.2. The summed E-state index contributed by atoms with van der Waals surface area (Å²) in [6.07, 6.45) is 2.87. The second-order valence-electron chi connectivity index (χ2n) is 17.0. The molecule has 2 aliphatic heterocycles. The van der Waals surface area contributed by atoms with E-state index in [9.17, 15) is 48.4 Å². The van der Waals surface area contributed by atoms with E-state index in [1.165, 1.54) is 142 Å². The van der Waals surface area contributed by atoms with E-state index in [-0.39, 0.29) is 106 Å². The zero-order valence-corrected chi connectivity index (χ0v) is 45.6. The smallest absolute Gasteiger partial charge is 0.537 e. The van der Waals surface area contributed by atoms with E-state index < -0.39 is 50.8 Å². The molecule has 22 nitrogen and oxygen atoms in total. The number of hydrogen-bond donors (Lipinski definition) is 3. The van der Waals surface area contributed by atoms with Gasteiger partial charge in [-0.1, -0.05) is 40.6 Å². The topological polar surface area (TPSA) is 261 Å². The molecule has 0 amide bonds. The summed E-state index contributed by atoms with van der Waals surface area (Å²) in [7, 11) is -4.62. The van der Waals surface area contributed by atoms with Gasteiger partial charge in [-0.05, 0) is 69.0 Å². The molecule has 431 valence electrons. The van der Waals surface area contributed by atoms with Crippen molar-refractivity contribution in [2.24, 2.45) is 0 Å². The second kappa shape index (κ2) is 26.1. The van der Waals surface area contributed by atoms with Gasteiger partial charge in [0, 0.05) is 98.4 Å². The van der Waals surface area contributed by atoms with Crippen LogP contribution >= 0.6 is 15.9 Å². The Morgan fingerprint density at radius 1 is 0.634 bits per heavy atom. The zero-order chi connectivity index (χ0) is 58.9. The number of pyridine rings is 2. The van der Waals surface area contributed by atoms with Crippen molar-refractivity contribution < 1.29 is 80.9 Å². The molecule has 1 radical (unpaired) electrons. The van der Waals surface area contributed by atoms with E-state index >= 15 is 4.39 Å². The van der Waals surface area contributed by atoms with Crippen LogP contribution in [0.15, 0.2) is 145 Å². The number of rotatable bonds is 17. The molecule has 4 aromatic heterocycles. The van der Waals surface area contributed by atoms with E-state index in [1.54, 1.807) is 6.07 Å². The van der Waals surface area contributed by atoms with Crippen LogP contribution in [0.5, 0.6) is 28.7 Å². The first-order valence-corrected chi connectivity index (χ1v) is 27.3. The molecule has 0 bridgehead atoms. The van der Waals surface area contributed by atoms with Gasteiger partial charge in [-0.3, -0.25) is 28.2 Å². The molecular formula is C50H43BBrF6N8O14S2. The number of hydrogen-bond acceptors (Lipinski definition) is 16. The third kappa shape index (κ3) is 14.2. The Hall–Kier alpha value is -8.30. The molecule has 32 heteroatoms. The highest BCUT2D eigenvalue weighted by molar-refractivity contribution is 9.10. The minimum Gasteiger partial charge on any atom is -0.537 e. The molecule has 3 N–H and O–H groups in total.